The minimum absolute atomic E-state index is 0.0917. The molecule has 0 aliphatic heterocycles. The van der Waals surface area contributed by atoms with Crippen molar-refractivity contribution in [2.45, 2.75) is 23.2 Å². The molecule has 0 aliphatic carbocycles. The molecule has 0 radical (unpaired) electrons. The lowest BCUT2D eigenvalue weighted by atomic mass is 10.0. The zero-order valence-corrected chi connectivity index (χ0v) is 13.9. The summed E-state index contributed by atoms with van der Waals surface area (Å²) in [6, 6.07) is 6.64. The second-order valence-electron chi connectivity index (χ2n) is 4.64. The first-order valence-corrected chi connectivity index (χ1v) is 8.88. The highest BCUT2D eigenvalue weighted by Crippen LogP contribution is 2.26. The number of aliphatic hydroxyl groups is 1. The van der Waals surface area contributed by atoms with E-state index in [4.69, 9.17) is 4.42 Å². The van der Waals surface area contributed by atoms with Gasteiger partial charge in [0.05, 0.1) is 15.7 Å². The highest BCUT2D eigenvalue weighted by atomic mass is 79.9. The lowest BCUT2D eigenvalue weighted by molar-refractivity contribution is 0.0603. The third-order valence-electron chi connectivity index (χ3n) is 2.59. The lowest BCUT2D eigenvalue weighted by Crippen LogP contribution is -2.41. The van der Waals surface area contributed by atoms with E-state index in [0.29, 0.717) is 5.76 Å². The monoisotopic (exact) mass is 379 g/mol. The summed E-state index contributed by atoms with van der Waals surface area (Å²) in [7, 11) is -3.60. The van der Waals surface area contributed by atoms with Crippen LogP contribution < -0.4 is 4.72 Å². The first kappa shape index (κ1) is 15.7. The van der Waals surface area contributed by atoms with E-state index in [1.807, 2.05) is 0 Å². The maximum absolute atomic E-state index is 12.0. The minimum atomic E-state index is -3.60. The summed E-state index contributed by atoms with van der Waals surface area (Å²) in [5, 5.41) is 10.2. The van der Waals surface area contributed by atoms with Crippen LogP contribution in [0.5, 0.6) is 0 Å². The van der Waals surface area contributed by atoms with Gasteiger partial charge in [0.15, 0.2) is 0 Å². The Balaban J connectivity index is 2.00. The maximum Gasteiger partial charge on any atom is 0.250 e. The third kappa shape index (κ3) is 4.16. The van der Waals surface area contributed by atoms with E-state index in [0.717, 1.165) is 15.1 Å². The van der Waals surface area contributed by atoms with E-state index in [1.165, 1.54) is 12.3 Å². The topological polar surface area (TPSA) is 79.5 Å². The molecule has 110 valence electrons. The molecular weight excluding hydrogens is 366 g/mol. The van der Waals surface area contributed by atoms with Crippen LogP contribution in [0.4, 0.5) is 0 Å². The van der Waals surface area contributed by atoms with Crippen molar-refractivity contribution in [2.75, 3.05) is 6.54 Å². The predicted octanol–water partition coefficient (Wildman–Crippen LogP) is 2.38. The Bertz CT molecular complexity index is 661. The summed E-state index contributed by atoms with van der Waals surface area (Å²) < 4.78 is 32.6. The van der Waals surface area contributed by atoms with Crippen molar-refractivity contribution in [1.29, 1.82) is 0 Å². The van der Waals surface area contributed by atoms with Crippen LogP contribution in [0.15, 0.2) is 42.9 Å². The van der Waals surface area contributed by atoms with Gasteiger partial charge in [-0.25, -0.2) is 13.1 Å². The fourth-order valence-corrected chi connectivity index (χ4v) is 4.83. The van der Waals surface area contributed by atoms with E-state index in [-0.39, 0.29) is 17.2 Å². The van der Waals surface area contributed by atoms with Crippen LogP contribution in [0.2, 0.25) is 0 Å². The quantitative estimate of drug-likeness (QED) is 0.807. The van der Waals surface area contributed by atoms with Gasteiger partial charge in [-0.3, -0.25) is 0 Å². The standard InChI is InChI=1S/C12H14BrNO4S2/c1-12(15,7-9-3-2-6-18-9)8-14-20(16,17)11-5-4-10(13)19-11/h2-6,14-15H,7-8H2,1H3/t12-/m1/s1. The summed E-state index contributed by atoms with van der Waals surface area (Å²) in [5.41, 5.74) is -1.22. The van der Waals surface area contributed by atoms with Crippen molar-refractivity contribution in [3.63, 3.8) is 0 Å². The number of halogens is 1. The molecule has 0 saturated heterocycles. The van der Waals surface area contributed by atoms with Crippen LogP contribution in [0.1, 0.15) is 12.7 Å². The van der Waals surface area contributed by atoms with E-state index >= 15 is 0 Å². The molecule has 20 heavy (non-hydrogen) atoms. The van der Waals surface area contributed by atoms with Crippen molar-refractivity contribution in [3.8, 4) is 0 Å². The van der Waals surface area contributed by atoms with Gasteiger partial charge < -0.3 is 9.52 Å². The first-order chi connectivity index (χ1) is 9.28. The van der Waals surface area contributed by atoms with E-state index < -0.39 is 15.6 Å². The molecule has 0 fully saturated rings. The molecule has 2 N–H and O–H groups in total. The Hall–Kier alpha value is -0.670. The van der Waals surface area contributed by atoms with Gasteiger partial charge in [-0.2, -0.15) is 0 Å². The molecule has 0 spiro atoms. The SMILES string of the molecule is C[C@](O)(CNS(=O)(=O)c1ccc(Br)s1)Cc1ccco1. The zero-order valence-electron chi connectivity index (χ0n) is 10.7. The second-order valence-corrected chi connectivity index (χ2v) is 9.09. The van der Waals surface area contributed by atoms with Crippen LogP contribution in [0, 0.1) is 0 Å². The molecule has 2 aromatic heterocycles. The van der Waals surface area contributed by atoms with Gasteiger partial charge in [-0.1, -0.05) is 0 Å². The molecule has 0 unspecified atom stereocenters. The maximum atomic E-state index is 12.0. The molecule has 1 atom stereocenters. The second kappa shape index (κ2) is 5.98. The molecular formula is C12H14BrNO4S2. The predicted molar refractivity (Wildman–Crippen MR) is 80.2 cm³/mol. The summed E-state index contributed by atoms with van der Waals surface area (Å²) in [5.74, 6) is 0.605. The van der Waals surface area contributed by atoms with Crippen LogP contribution in [0.25, 0.3) is 0 Å². The van der Waals surface area contributed by atoms with Crippen molar-refractivity contribution < 1.29 is 17.9 Å². The highest BCUT2D eigenvalue weighted by molar-refractivity contribution is 9.11. The highest BCUT2D eigenvalue weighted by Gasteiger charge is 2.26. The fraction of sp³-hybridized carbons (Fsp3) is 0.333. The molecule has 2 aromatic rings. The first-order valence-electron chi connectivity index (χ1n) is 5.78. The zero-order chi connectivity index (χ0) is 14.8. The molecule has 0 aliphatic rings. The Kier molecular flexibility index (Phi) is 4.70. The lowest BCUT2D eigenvalue weighted by Gasteiger charge is -2.22. The normalized spacial score (nSPS) is 15.2. The molecule has 2 heterocycles. The van der Waals surface area contributed by atoms with Crippen LogP contribution in [-0.4, -0.2) is 25.7 Å². The summed E-state index contributed by atoms with van der Waals surface area (Å²) in [4.78, 5) is 0. The van der Waals surface area contributed by atoms with Gasteiger partial charge in [0.2, 0.25) is 10.0 Å². The molecule has 0 amide bonds. The molecule has 0 aromatic carbocycles. The Morgan fingerprint density at radius 2 is 2.20 bits per heavy atom. The van der Waals surface area contributed by atoms with Crippen LogP contribution >= 0.6 is 27.3 Å². The van der Waals surface area contributed by atoms with Gasteiger partial charge >= 0.3 is 0 Å². The smallest absolute Gasteiger partial charge is 0.250 e. The van der Waals surface area contributed by atoms with E-state index in [1.54, 1.807) is 25.1 Å². The Labute approximate surface area is 129 Å². The Morgan fingerprint density at radius 1 is 1.45 bits per heavy atom. The number of rotatable bonds is 6. The number of sulfonamides is 1. The number of furan rings is 1. The summed E-state index contributed by atoms with van der Waals surface area (Å²) in [6.45, 7) is 1.47. The van der Waals surface area contributed by atoms with Gasteiger partial charge in [0.25, 0.3) is 0 Å². The molecule has 5 nitrogen and oxygen atoms in total. The van der Waals surface area contributed by atoms with Crippen molar-refractivity contribution in [3.05, 3.63) is 40.1 Å². The van der Waals surface area contributed by atoms with Gasteiger partial charge in [-0.15, -0.1) is 11.3 Å². The van der Waals surface area contributed by atoms with Crippen molar-refractivity contribution in [2.24, 2.45) is 0 Å². The summed E-state index contributed by atoms with van der Waals surface area (Å²) in [6.07, 6.45) is 1.75. The van der Waals surface area contributed by atoms with E-state index in [9.17, 15) is 13.5 Å². The van der Waals surface area contributed by atoms with Crippen molar-refractivity contribution >= 4 is 37.3 Å². The number of thiophene rings is 1. The van der Waals surface area contributed by atoms with E-state index in [2.05, 4.69) is 20.7 Å². The van der Waals surface area contributed by atoms with Crippen LogP contribution in [-0.2, 0) is 16.4 Å². The van der Waals surface area contributed by atoms with Crippen molar-refractivity contribution in [1.82, 2.24) is 4.72 Å². The van der Waals surface area contributed by atoms with Gasteiger partial charge in [-0.05, 0) is 47.1 Å². The number of nitrogens with one attached hydrogen (secondary N) is 1. The fourth-order valence-electron chi connectivity index (χ4n) is 1.61. The molecule has 2 rings (SSSR count). The van der Waals surface area contributed by atoms with Gasteiger partial charge in [0, 0.05) is 13.0 Å². The number of hydrogen-bond acceptors (Lipinski definition) is 5. The van der Waals surface area contributed by atoms with Crippen LogP contribution in [0.3, 0.4) is 0 Å². The Morgan fingerprint density at radius 3 is 2.75 bits per heavy atom. The average molecular weight is 380 g/mol. The summed E-state index contributed by atoms with van der Waals surface area (Å²) >= 11 is 4.34. The van der Waals surface area contributed by atoms with Gasteiger partial charge in [0.1, 0.15) is 9.97 Å². The average Bonchev–Trinajstić information content (AvgIpc) is 2.98. The molecule has 8 heteroatoms. The molecule has 0 saturated carbocycles. The number of hydrogen-bond donors (Lipinski definition) is 2. The largest absolute Gasteiger partial charge is 0.469 e. The third-order valence-corrected chi connectivity index (χ3v) is 6.11. The molecule has 0 bridgehead atoms. The minimum Gasteiger partial charge on any atom is -0.469 e.